The van der Waals surface area contributed by atoms with E-state index in [0.29, 0.717) is 28.0 Å². The number of carbonyl (C=O) groups excluding carboxylic acids is 1. The van der Waals surface area contributed by atoms with E-state index in [2.05, 4.69) is 15.4 Å². The Hall–Kier alpha value is -2.67. The smallest absolute Gasteiger partial charge is 0.276 e. The number of nitrogens with zero attached hydrogens (tertiary/aromatic N) is 2. The van der Waals surface area contributed by atoms with Gasteiger partial charge in [-0.3, -0.25) is 14.7 Å². The van der Waals surface area contributed by atoms with Crippen molar-refractivity contribution >= 4 is 23.2 Å². The molecule has 1 amide bonds. The number of hydrogen-bond donors (Lipinski definition) is 2. The first-order chi connectivity index (χ1) is 13.9. The van der Waals surface area contributed by atoms with Crippen LogP contribution >= 0.6 is 11.6 Å². The number of amides is 1. The molecule has 1 aromatic carbocycles. The molecule has 0 unspecified atom stereocenters. The lowest BCUT2D eigenvalue weighted by Crippen LogP contribution is -2.36. The first-order valence-corrected chi connectivity index (χ1v) is 10.2. The monoisotopic (exact) mass is 416 g/mol. The molecule has 8 heteroatoms. The molecular formula is C21H22ClFN4O2. The maximum absolute atomic E-state index is 13.3. The van der Waals surface area contributed by atoms with Gasteiger partial charge in [-0.25, -0.2) is 13.9 Å². The maximum Gasteiger partial charge on any atom is 0.276 e. The van der Waals surface area contributed by atoms with Crippen molar-refractivity contribution in [3.63, 3.8) is 0 Å². The third-order valence-corrected chi connectivity index (χ3v) is 5.88. The van der Waals surface area contributed by atoms with E-state index in [1.54, 1.807) is 13.0 Å². The topological polar surface area (TPSA) is 79.3 Å². The van der Waals surface area contributed by atoms with E-state index < -0.39 is 5.82 Å². The highest BCUT2D eigenvalue weighted by Crippen LogP contribution is 2.21. The van der Waals surface area contributed by atoms with Crippen LogP contribution in [0.1, 0.15) is 59.3 Å². The van der Waals surface area contributed by atoms with Crippen LogP contribution in [0.15, 0.2) is 29.2 Å². The summed E-state index contributed by atoms with van der Waals surface area (Å²) < 4.78 is 14.6. The fourth-order valence-electron chi connectivity index (χ4n) is 3.89. The van der Waals surface area contributed by atoms with Crippen molar-refractivity contribution in [2.75, 3.05) is 0 Å². The molecule has 4 rings (SSSR count). The van der Waals surface area contributed by atoms with Crippen molar-refractivity contribution in [1.82, 2.24) is 19.9 Å². The van der Waals surface area contributed by atoms with Crippen LogP contribution in [-0.2, 0) is 6.42 Å². The molecule has 0 saturated heterocycles. The molecule has 1 aliphatic rings. The highest BCUT2D eigenvalue weighted by molar-refractivity contribution is 6.31. The van der Waals surface area contributed by atoms with Gasteiger partial charge in [-0.05, 0) is 37.5 Å². The first kappa shape index (κ1) is 19.6. The number of nitrogens with one attached hydrogen (secondary N) is 2. The van der Waals surface area contributed by atoms with Crippen LogP contribution in [0.25, 0.3) is 5.65 Å². The zero-order valence-corrected chi connectivity index (χ0v) is 16.9. The Labute approximate surface area is 172 Å². The molecule has 152 valence electrons. The van der Waals surface area contributed by atoms with E-state index in [-0.39, 0.29) is 29.0 Å². The lowest BCUT2D eigenvalue weighted by atomic mass is 9.95. The molecule has 1 aliphatic carbocycles. The van der Waals surface area contributed by atoms with Crippen molar-refractivity contribution in [2.24, 2.45) is 0 Å². The molecule has 1 fully saturated rings. The molecule has 1 saturated carbocycles. The minimum Gasteiger partial charge on any atom is -0.349 e. The third kappa shape index (κ3) is 3.92. The van der Waals surface area contributed by atoms with Crippen molar-refractivity contribution in [2.45, 2.75) is 51.5 Å². The molecule has 0 aliphatic heterocycles. The van der Waals surface area contributed by atoms with E-state index in [1.165, 1.54) is 29.3 Å². The molecule has 3 aromatic rings. The van der Waals surface area contributed by atoms with Crippen LogP contribution < -0.4 is 10.9 Å². The zero-order valence-electron chi connectivity index (χ0n) is 16.1. The molecule has 0 atom stereocenters. The molecule has 2 N–H and O–H groups in total. The Bertz CT molecular complexity index is 1130. The number of halogens is 2. The van der Waals surface area contributed by atoms with Gasteiger partial charge < -0.3 is 5.32 Å². The second-order valence-corrected chi connectivity index (χ2v) is 7.96. The predicted molar refractivity (Wildman–Crippen MR) is 109 cm³/mol. The van der Waals surface area contributed by atoms with E-state index in [1.807, 2.05) is 0 Å². The first-order valence-electron chi connectivity index (χ1n) is 9.78. The van der Waals surface area contributed by atoms with Gasteiger partial charge in [0.1, 0.15) is 11.4 Å². The van der Waals surface area contributed by atoms with E-state index in [0.717, 1.165) is 25.7 Å². The summed E-state index contributed by atoms with van der Waals surface area (Å²) in [4.78, 5) is 30.2. The van der Waals surface area contributed by atoms with Gasteiger partial charge in [0.2, 0.25) is 0 Å². The fraction of sp³-hybridized carbons (Fsp3) is 0.381. The van der Waals surface area contributed by atoms with Gasteiger partial charge in [0.05, 0.1) is 0 Å². The Kier molecular flexibility index (Phi) is 5.41. The summed E-state index contributed by atoms with van der Waals surface area (Å²) in [5.41, 5.74) is 1.94. The van der Waals surface area contributed by atoms with E-state index in [4.69, 9.17) is 11.6 Å². The molecule has 0 spiro atoms. The predicted octanol–water partition coefficient (Wildman–Crippen LogP) is 3.78. The number of H-pyrrole nitrogens is 1. The Balaban J connectivity index is 1.66. The van der Waals surface area contributed by atoms with Gasteiger partial charge in [-0.2, -0.15) is 0 Å². The van der Waals surface area contributed by atoms with Crippen LogP contribution in [0, 0.1) is 12.7 Å². The summed E-state index contributed by atoms with van der Waals surface area (Å²) >= 11 is 6.11. The largest absolute Gasteiger partial charge is 0.349 e. The van der Waals surface area contributed by atoms with Crippen molar-refractivity contribution < 1.29 is 9.18 Å². The number of aromatic nitrogens is 3. The Morgan fingerprint density at radius 2 is 2.10 bits per heavy atom. The minimum absolute atomic E-state index is 0.166. The zero-order chi connectivity index (χ0) is 20.5. The van der Waals surface area contributed by atoms with Gasteiger partial charge in [0, 0.05) is 34.9 Å². The number of fused-ring (bicyclic) bond motifs is 1. The van der Waals surface area contributed by atoms with Gasteiger partial charge >= 0.3 is 0 Å². The van der Waals surface area contributed by atoms with Crippen molar-refractivity contribution in [1.29, 1.82) is 0 Å². The summed E-state index contributed by atoms with van der Waals surface area (Å²) in [5, 5.41) is 6.15. The summed E-state index contributed by atoms with van der Waals surface area (Å²) in [6.45, 7) is 1.73. The van der Waals surface area contributed by atoms with Crippen molar-refractivity contribution in [3.8, 4) is 0 Å². The number of hydrogen-bond acceptors (Lipinski definition) is 3. The van der Waals surface area contributed by atoms with Gasteiger partial charge in [0.25, 0.3) is 11.5 Å². The number of rotatable bonds is 4. The van der Waals surface area contributed by atoms with Gasteiger partial charge in [-0.1, -0.05) is 36.9 Å². The Morgan fingerprint density at radius 3 is 2.83 bits per heavy atom. The molecule has 6 nitrogen and oxygen atoms in total. The van der Waals surface area contributed by atoms with Crippen LogP contribution in [0.2, 0.25) is 5.02 Å². The molecule has 2 heterocycles. The standard InChI is InChI=1S/C21H22ClFN4O2/c1-12-16(9-13-7-8-14(23)10-18(13)22)21(29)27-19(25-12)17(11-24-27)20(28)26-15-5-3-2-4-6-15/h7-8,10-11,15,24H,2-6,9H2,1H3,(H,26,28). The number of benzene rings is 1. The average molecular weight is 417 g/mol. The molecule has 29 heavy (non-hydrogen) atoms. The average Bonchev–Trinajstić information content (AvgIpc) is 3.11. The Morgan fingerprint density at radius 1 is 1.34 bits per heavy atom. The highest BCUT2D eigenvalue weighted by Gasteiger charge is 2.22. The number of aryl methyl sites for hydroxylation is 1. The lowest BCUT2D eigenvalue weighted by Gasteiger charge is -2.22. The highest BCUT2D eigenvalue weighted by atomic mass is 35.5. The normalized spacial score (nSPS) is 15.0. The van der Waals surface area contributed by atoms with Crippen molar-refractivity contribution in [3.05, 3.63) is 68.0 Å². The minimum atomic E-state index is -0.432. The van der Waals surface area contributed by atoms with E-state index >= 15 is 0 Å². The van der Waals surface area contributed by atoms with Crippen LogP contribution in [0.3, 0.4) is 0 Å². The van der Waals surface area contributed by atoms with Crippen LogP contribution in [-0.4, -0.2) is 26.5 Å². The summed E-state index contributed by atoms with van der Waals surface area (Å²) in [5.74, 6) is -0.657. The van der Waals surface area contributed by atoms with Gasteiger partial charge in [0.15, 0.2) is 5.65 Å². The third-order valence-electron chi connectivity index (χ3n) is 5.53. The van der Waals surface area contributed by atoms with Gasteiger partial charge in [-0.15, -0.1) is 0 Å². The molecule has 0 bridgehead atoms. The number of carbonyl (C=O) groups is 1. The van der Waals surface area contributed by atoms with Crippen LogP contribution in [0.4, 0.5) is 4.39 Å². The lowest BCUT2D eigenvalue weighted by molar-refractivity contribution is 0.0929. The van der Waals surface area contributed by atoms with E-state index in [9.17, 15) is 14.0 Å². The van der Waals surface area contributed by atoms with Crippen LogP contribution in [0.5, 0.6) is 0 Å². The number of aromatic amines is 1. The molecule has 0 radical (unpaired) electrons. The maximum atomic E-state index is 13.3. The SMILES string of the molecule is Cc1nc2c(C(=O)NC3CCCCC3)c[nH]n2c(=O)c1Cc1ccc(F)cc1Cl. The second-order valence-electron chi connectivity index (χ2n) is 7.55. The fourth-order valence-corrected chi connectivity index (χ4v) is 4.13. The molecular weight excluding hydrogens is 395 g/mol. The summed E-state index contributed by atoms with van der Waals surface area (Å²) in [6, 6.07) is 4.25. The second kappa shape index (κ2) is 7.99. The molecule has 2 aromatic heterocycles. The summed E-state index contributed by atoms with van der Waals surface area (Å²) in [6.07, 6.45) is 7.12. The summed E-state index contributed by atoms with van der Waals surface area (Å²) in [7, 11) is 0. The quantitative estimate of drug-likeness (QED) is 0.679.